The lowest BCUT2D eigenvalue weighted by molar-refractivity contribution is 0.222. The van der Waals surface area contributed by atoms with E-state index in [4.69, 9.17) is 10.5 Å². The van der Waals surface area contributed by atoms with E-state index in [9.17, 15) is 0 Å². The average molecular weight is 307 g/mol. The van der Waals surface area contributed by atoms with Crippen LogP contribution in [0.1, 0.15) is 31.2 Å². The summed E-state index contributed by atoms with van der Waals surface area (Å²) in [6.07, 6.45) is 0.930. The van der Waals surface area contributed by atoms with Crippen molar-refractivity contribution in [3.8, 4) is 17.0 Å². The van der Waals surface area contributed by atoms with E-state index in [1.807, 2.05) is 49.4 Å². The number of aromatic nitrogens is 2. The van der Waals surface area contributed by atoms with Gasteiger partial charge >= 0.3 is 0 Å². The maximum Gasteiger partial charge on any atom is 0.137 e. The molecule has 0 saturated carbocycles. The molecule has 23 heavy (non-hydrogen) atoms. The summed E-state index contributed by atoms with van der Waals surface area (Å²) < 4.78 is 5.98. The van der Waals surface area contributed by atoms with E-state index in [1.165, 1.54) is 5.56 Å². The van der Waals surface area contributed by atoms with Crippen LogP contribution < -0.4 is 10.5 Å². The first-order chi connectivity index (χ1) is 11.2. The van der Waals surface area contributed by atoms with Gasteiger partial charge < -0.3 is 10.5 Å². The van der Waals surface area contributed by atoms with Crippen molar-refractivity contribution < 1.29 is 4.74 Å². The first-order valence-corrected chi connectivity index (χ1v) is 7.82. The third-order valence-electron chi connectivity index (χ3n) is 3.89. The number of H-pyrrole nitrogens is 1. The van der Waals surface area contributed by atoms with Crippen molar-refractivity contribution in [1.29, 1.82) is 0 Å². The van der Waals surface area contributed by atoms with Crippen LogP contribution in [0.4, 0.5) is 5.69 Å². The summed E-state index contributed by atoms with van der Waals surface area (Å²) >= 11 is 0. The number of ether oxygens (including phenoxy) is 1. The Morgan fingerprint density at radius 1 is 1.09 bits per heavy atom. The Hall–Kier alpha value is -2.75. The zero-order valence-electron chi connectivity index (χ0n) is 13.4. The summed E-state index contributed by atoms with van der Waals surface area (Å²) in [4.78, 5) is 0. The zero-order valence-corrected chi connectivity index (χ0v) is 13.4. The first kappa shape index (κ1) is 15.2. The molecule has 4 nitrogen and oxygen atoms in total. The number of hydrogen-bond donors (Lipinski definition) is 2. The standard InChI is InChI=1S/C19H21N3O/c1-3-14-4-10-17(11-5-14)23-13(2)18-12-19(22-21-18)15-6-8-16(20)9-7-15/h4-13H,3,20H2,1-2H3,(H,21,22). The minimum absolute atomic E-state index is 0.0995. The molecule has 0 amide bonds. The number of benzene rings is 2. The molecule has 3 aromatic rings. The molecule has 0 aliphatic carbocycles. The topological polar surface area (TPSA) is 63.9 Å². The second-order valence-corrected chi connectivity index (χ2v) is 5.59. The highest BCUT2D eigenvalue weighted by Crippen LogP contribution is 2.25. The fourth-order valence-corrected chi connectivity index (χ4v) is 2.42. The molecule has 4 heteroatoms. The molecule has 0 radical (unpaired) electrons. The monoisotopic (exact) mass is 307 g/mol. The highest BCUT2D eigenvalue weighted by atomic mass is 16.5. The van der Waals surface area contributed by atoms with E-state index < -0.39 is 0 Å². The molecule has 1 aromatic heterocycles. The van der Waals surface area contributed by atoms with Crippen LogP contribution in [-0.2, 0) is 6.42 Å². The quantitative estimate of drug-likeness (QED) is 0.688. The van der Waals surface area contributed by atoms with Crippen LogP contribution in [0.25, 0.3) is 11.3 Å². The number of hydrogen-bond acceptors (Lipinski definition) is 3. The van der Waals surface area contributed by atoms with Crippen LogP contribution in [0, 0.1) is 0 Å². The van der Waals surface area contributed by atoms with Crippen LogP contribution >= 0.6 is 0 Å². The lowest BCUT2D eigenvalue weighted by Crippen LogP contribution is -2.03. The summed E-state index contributed by atoms with van der Waals surface area (Å²) in [5.74, 6) is 0.860. The van der Waals surface area contributed by atoms with Crippen molar-refractivity contribution in [3.05, 3.63) is 65.9 Å². The van der Waals surface area contributed by atoms with Crippen molar-refractivity contribution in [2.24, 2.45) is 0 Å². The number of nitrogen functional groups attached to an aromatic ring is 1. The Morgan fingerprint density at radius 2 is 1.78 bits per heavy atom. The third kappa shape index (κ3) is 3.54. The van der Waals surface area contributed by atoms with Gasteiger partial charge in [-0.1, -0.05) is 31.2 Å². The maximum absolute atomic E-state index is 5.98. The van der Waals surface area contributed by atoms with Gasteiger partial charge in [-0.05, 0) is 49.2 Å². The number of nitrogens with one attached hydrogen (secondary N) is 1. The van der Waals surface area contributed by atoms with Gasteiger partial charge in [-0.25, -0.2) is 0 Å². The molecule has 0 bridgehead atoms. The lowest BCUT2D eigenvalue weighted by Gasteiger charge is -2.13. The molecule has 118 valence electrons. The summed E-state index contributed by atoms with van der Waals surface area (Å²) in [6, 6.07) is 17.9. The predicted octanol–water partition coefficient (Wildman–Crippen LogP) is 4.36. The van der Waals surface area contributed by atoms with Crippen LogP contribution in [-0.4, -0.2) is 10.2 Å². The lowest BCUT2D eigenvalue weighted by atomic mass is 10.1. The SMILES string of the molecule is CCc1ccc(OC(C)c2cc(-c3ccc(N)cc3)n[nH]2)cc1. The molecule has 0 saturated heterocycles. The van der Waals surface area contributed by atoms with Crippen LogP contribution in [0.15, 0.2) is 54.6 Å². The van der Waals surface area contributed by atoms with Crippen molar-refractivity contribution in [2.45, 2.75) is 26.4 Å². The number of aryl methyl sites for hydroxylation is 1. The van der Waals surface area contributed by atoms with Crippen LogP contribution in [0.2, 0.25) is 0 Å². The number of nitrogens with zero attached hydrogens (tertiary/aromatic N) is 1. The zero-order chi connectivity index (χ0) is 16.2. The van der Waals surface area contributed by atoms with Gasteiger partial charge in [0.25, 0.3) is 0 Å². The molecule has 0 spiro atoms. The van der Waals surface area contributed by atoms with E-state index >= 15 is 0 Å². The summed E-state index contributed by atoms with van der Waals surface area (Å²) in [6.45, 7) is 4.15. The van der Waals surface area contributed by atoms with E-state index in [0.717, 1.165) is 34.8 Å². The number of nitrogens with two attached hydrogens (primary N) is 1. The molecular weight excluding hydrogens is 286 g/mol. The normalized spacial score (nSPS) is 12.1. The second kappa shape index (κ2) is 6.57. The highest BCUT2D eigenvalue weighted by molar-refractivity contribution is 5.62. The average Bonchev–Trinajstić information content (AvgIpc) is 3.06. The van der Waals surface area contributed by atoms with E-state index in [2.05, 4.69) is 29.3 Å². The van der Waals surface area contributed by atoms with Crippen LogP contribution in [0.5, 0.6) is 5.75 Å². The molecule has 0 aliphatic heterocycles. The smallest absolute Gasteiger partial charge is 0.137 e. The van der Waals surface area contributed by atoms with Crippen molar-refractivity contribution in [2.75, 3.05) is 5.73 Å². The molecule has 0 fully saturated rings. The fraction of sp³-hybridized carbons (Fsp3) is 0.211. The van der Waals surface area contributed by atoms with Gasteiger partial charge in [0.15, 0.2) is 0 Å². The second-order valence-electron chi connectivity index (χ2n) is 5.59. The van der Waals surface area contributed by atoms with E-state index in [-0.39, 0.29) is 6.10 Å². The Balaban J connectivity index is 1.72. The fourth-order valence-electron chi connectivity index (χ4n) is 2.42. The minimum atomic E-state index is -0.0995. The van der Waals surface area contributed by atoms with Gasteiger partial charge in [-0.15, -0.1) is 0 Å². The van der Waals surface area contributed by atoms with Crippen molar-refractivity contribution in [1.82, 2.24) is 10.2 Å². The largest absolute Gasteiger partial charge is 0.484 e. The Bertz CT molecular complexity index is 760. The van der Waals surface area contributed by atoms with Gasteiger partial charge in [0, 0.05) is 11.3 Å². The van der Waals surface area contributed by atoms with E-state index in [0.29, 0.717) is 0 Å². The number of aromatic amines is 1. The van der Waals surface area contributed by atoms with E-state index in [1.54, 1.807) is 0 Å². The number of rotatable bonds is 5. The molecule has 3 rings (SSSR count). The Morgan fingerprint density at radius 3 is 2.43 bits per heavy atom. The van der Waals surface area contributed by atoms with Gasteiger partial charge in [-0.3, -0.25) is 5.10 Å². The summed E-state index contributed by atoms with van der Waals surface area (Å²) in [7, 11) is 0. The van der Waals surface area contributed by atoms with Crippen LogP contribution in [0.3, 0.4) is 0 Å². The highest BCUT2D eigenvalue weighted by Gasteiger charge is 2.12. The molecule has 1 atom stereocenters. The van der Waals surface area contributed by atoms with Gasteiger partial charge in [0.2, 0.25) is 0 Å². The summed E-state index contributed by atoms with van der Waals surface area (Å²) in [5.41, 5.74) is 10.6. The first-order valence-electron chi connectivity index (χ1n) is 7.82. The van der Waals surface area contributed by atoms with Gasteiger partial charge in [-0.2, -0.15) is 5.10 Å². The van der Waals surface area contributed by atoms with Crippen molar-refractivity contribution in [3.63, 3.8) is 0 Å². The summed E-state index contributed by atoms with van der Waals surface area (Å²) in [5, 5.41) is 7.42. The van der Waals surface area contributed by atoms with Gasteiger partial charge in [0.1, 0.15) is 11.9 Å². The molecule has 2 aromatic carbocycles. The molecule has 0 aliphatic rings. The Labute approximate surface area is 136 Å². The number of anilines is 1. The van der Waals surface area contributed by atoms with Crippen molar-refractivity contribution >= 4 is 5.69 Å². The Kier molecular flexibility index (Phi) is 4.33. The van der Waals surface area contributed by atoms with Gasteiger partial charge in [0.05, 0.1) is 11.4 Å². The third-order valence-corrected chi connectivity index (χ3v) is 3.89. The molecular formula is C19H21N3O. The minimum Gasteiger partial charge on any atom is -0.484 e. The molecule has 3 N–H and O–H groups in total. The molecule has 1 unspecified atom stereocenters. The molecule has 1 heterocycles. The predicted molar refractivity (Wildman–Crippen MR) is 93.3 cm³/mol. The maximum atomic E-state index is 5.98.